The van der Waals surface area contributed by atoms with Crippen molar-refractivity contribution in [2.45, 2.75) is 119 Å². The zero-order valence-electron chi connectivity index (χ0n) is 23.0. The second-order valence-corrected chi connectivity index (χ2v) is 13.5. The quantitative estimate of drug-likeness (QED) is 0.149. The number of carbonyl (C=O) groups is 2. The van der Waals surface area contributed by atoms with E-state index in [1.807, 2.05) is 6.92 Å². The molecule has 0 amide bonds. The minimum atomic E-state index is -1.47. The molecule has 0 aromatic rings. The molecule has 6 aliphatic rings. The summed E-state index contributed by atoms with van der Waals surface area (Å²) in [5.74, 6) is -1.42. The van der Waals surface area contributed by atoms with E-state index < -0.39 is 76.8 Å². The SMILES string of the molecule is C[C@@H]1O[C@H](O[C@H]2CC[C@]3(C=O)C4C[C@H](O)[C@]5(C)[C@@H](C6=CC(=O)OC6)CC[C@]5(O)C4CC[C@]3(O)C2)[C@H](O)[C@H](O)[C@H]1O. The molecule has 11 nitrogen and oxygen atoms in total. The van der Waals surface area contributed by atoms with Crippen molar-refractivity contribution in [3.8, 4) is 0 Å². The van der Waals surface area contributed by atoms with Gasteiger partial charge in [0.2, 0.25) is 0 Å². The van der Waals surface area contributed by atoms with Gasteiger partial charge in [0.1, 0.15) is 31.2 Å². The van der Waals surface area contributed by atoms with E-state index >= 15 is 0 Å². The Kier molecular flexibility index (Phi) is 6.83. The van der Waals surface area contributed by atoms with E-state index in [1.165, 1.54) is 6.08 Å². The lowest BCUT2D eigenvalue weighted by molar-refractivity contribution is -0.319. The molecule has 11 heteroatoms. The van der Waals surface area contributed by atoms with Crippen molar-refractivity contribution in [1.82, 2.24) is 0 Å². The zero-order chi connectivity index (χ0) is 28.8. The first-order valence-electron chi connectivity index (χ1n) is 14.6. The number of aldehydes is 1. The molecule has 1 saturated heterocycles. The Morgan fingerprint density at radius 1 is 1.00 bits per heavy atom. The normalized spacial score (nSPS) is 56.0. The second-order valence-electron chi connectivity index (χ2n) is 13.5. The van der Waals surface area contributed by atoms with Crippen molar-refractivity contribution in [1.29, 1.82) is 0 Å². The summed E-state index contributed by atoms with van der Waals surface area (Å²) in [6.45, 7) is 3.61. The molecule has 5 fully saturated rings. The number of esters is 1. The molecule has 224 valence electrons. The molecule has 0 radical (unpaired) electrons. The highest BCUT2D eigenvalue weighted by atomic mass is 16.7. The summed E-state index contributed by atoms with van der Waals surface area (Å²) in [4.78, 5) is 24.8. The Morgan fingerprint density at radius 2 is 1.75 bits per heavy atom. The molecule has 0 spiro atoms. The second kappa shape index (κ2) is 9.54. The number of carbonyl (C=O) groups excluding carboxylic acids is 2. The van der Waals surface area contributed by atoms with Gasteiger partial charge >= 0.3 is 5.97 Å². The summed E-state index contributed by atoms with van der Waals surface area (Å²) in [7, 11) is 0. The molecule has 2 unspecified atom stereocenters. The van der Waals surface area contributed by atoms with Crippen LogP contribution in [0.15, 0.2) is 11.6 Å². The third-order valence-electron chi connectivity index (χ3n) is 12.1. The van der Waals surface area contributed by atoms with Gasteiger partial charge in [-0.2, -0.15) is 0 Å². The smallest absolute Gasteiger partial charge is 0.331 e. The van der Waals surface area contributed by atoms with Crippen LogP contribution in [0.5, 0.6) is 0 Å². The van der Waals surface area contributed by atoms with Gasteiger partial charge in [-0.15, -0.1) is 0 Å². The third kappa shape index (κ3) is 3.71. The Hall–Kier alpha value is -1.44. The fraction of sp³-hybridized carbons (Fsp3) is 0.862. The average Bonchev–Trinajstić information content (AvgIpc) is 3.46. The third-order valence-corrected chi connectivity index (χ3v) is 12.1. The predicted molar refractivity (Wildman–Crippen MR) is 136 cm³/mol. The van der Waals surface area contributed by atoms with Crippen LogP contribution < -0.4 is 0 Å². The number of aliphatic hydroxyl groups excluding tert-OH is 4. The van der Waals surface area contributed by atoms with Gasteiger partial charge in [0.15, 0.2) is 6.29 Å². The molecule has 2 aliphatic heterocycles. The van der Waals surface area contributed by atoms with Crippen LogP contribution in [-0.2, 0) is 23.8 Å². The van der Waals surface area contributed by atoms with Crippen LogP contribution in [0.1, 0.15) is 65.2 Å². The highest BCUT2D eigenvalue weighted by Gasteiger charge is 2.74. The zero-order valence-corrected chi connectivity index (χ0v) is 23.0. The summed E-state index contributed by atoms with van der Waals surface area (Å²) in [6.07, 6.45) is -2.70. The van der Waals surface area contributed by atoms with Crippen molar-refractivity contribution in [2.24, 2.45) is 28.6 Å². The minimum absolute atomic E-state index is 0.0926. The van der Waals surface area contributed by atoms with Gasteiger partial charge in [-0.1, -0.05) is 6.92 Å². The number of cyclic esters (lactones) is 1. The van der Waals surface area contributed by atoms with Gasteiger partial charge in [-0.25, -0.2) is 4.79 Å². The molecule has 6 N–H and O–H groups in total. The maximum Gasteiger partial charge on any atom is 0.331 e. The molecule has 0 aromatic heterocycles. The van der Waals surface area contributed by atoms with Crippen LogP contribution in [0, 0.1) is 28.6 Å². The largest absolute Gasteiger partial charge is 0.458 e. The van der Waals surface area contributed by atoms with E-state index in [-0.39, 0.29) is 44.1 Å². The minimum Gasteiger partial charge on any atom is -0.458 e. The maximum atomic E-state index is 13.0. The number of aliphatic hydroxyl groups is 6. The topological polar surface area (TPSA) is 183 Å². The van der Waals surface area contributed by atoms with Crippen molar-refractivity contribution >= 4 is 12.3 Å². The van der Waals surface area contributed by atoms with Crippen molar-refractivity contribution in [3.05, 3.63) is 11.6 Å². The average molecular weight is 567 g/mol. The number of hydrogen-bond donors (Lipinski definition) is 6. The van der Waals surface area contributed by atoms with Gasteiger partial charge in [-0.05, 0) is 75.2 Å². The summed E-state index contributed by atoms with van der Waals surface area (Å²) in [6, 6.07) is 0. The molecule has 4 aliphatic carbocycles. The highest BCUT2D eigenvalue weighted by molar-refractivity contribution is 5.85. The van der Waals surface area contributed by atoms with E-state index in [0.717, 1.165) is 11.9 Å². The monoisotopic (exact) mass is 566 g/mol. The molecule has 2 heterocycles. The van der Waals surface area contributed by atoms with Crippen molar-refractivity contribution in [3.63, 3.8) is 0 Å². The Balaban J connectivity index is 1.25. The lowest BCUT2D eigenvalue weighted by atomic mass is 9.41. The summed E-state index contributed by atoms with van der Waals surface area (Å²) in [5.41, 5.74) is -4.09. The van der Waals surface area contributed by atoms with Crippen LogP contribution in [0.25, 0.3) is 0 Å². The lowest BCUT2D eigenvalue weighted by Crippen LogP contribution is -2.71. The van der Waals surface area contributed by atoms with E-state index in [2.05, 4.69) is 0 Å². The molecular formula is C29H42O11. The van der Waals surface area contributed by atoms with Gasteiger partial charge < -0.3 is 49.6 Å². The standard InChI is InChI=1S/C29H42O11/c1-14-22(33)23(34)24(35)25(39-14)40-16-3-6-27(13-30)19-10-20(31)26(2)17(15-9-21(32)38-12-15)5-8-29(26,37)18(19)4-7-28(27,36)11-16/h9,13-14,16-20,22-25,31,33-37H,3-8,10-12H2,1-2H3/t14-,16-,17+,18?,19?,20-,22-,23+,24+,25+,26-,27-,28-,29-/m0/s1. The van der Waals surface area contributed by atoms with E-state index in [1.54, 1.807) is 6.92 Å². The van der Waals surface area contributed by atoms with E-state index in [9.17, 15) is 40.2 Å². The molecule has 0 bridgehead atoms. The highest BCUT2D eigenvalue weighted by Crippen LogP contribution is 2.70. The van der Waals surface area contributed by atoms with Crippen LogP contribution in [0.2, 0.25) is 0 Å². The fourth-order valence-corrected chi connectivity index (χ4v) is 9.74. The van der Waals surface area contributed by atoms with Crippen LogP contribution in [-0.4, -0.2) is 104 Å². The molecule has 4 saturated carbocycles. The first-order valence-corrected chi connectivity index (χ1v) is 14.6. The lowest BCUT2D eigenvalue weighted by Gasteiger charge is -2.66. The predicted octanol–water partition coefficient (Wildman–Crippen LogP) is -0.279. The van der Waals surface area contributed by atoms with Crippen LogP contribution in [0.3, 0.4) is 0 Å². The van der Waals surface area contributed by atoms with Gasteiger partial charge in [0.25, 0.3) is 0 Å². The van der Waals surface area contributed by atoms with Gasteiger partial charge in [0, 0.05) is 17.9 Å². The molecular weight excluding hydrogens is 524 g/mol. The number of hydrogen-bond acceptors (Lipinski definition) is 11. The first kappa shape index (κ1) is 28.7. The number of fused-ring (bicyclic) bond motifs is 5. The number of ether oxygens (including phenoxy) is 3. The Bertz CT molecular complexity index is 1080. The van der Waals surface area contributed by atoms with Crippen LogP contribution in [0.4, 0.5) is 0 Å². The Labute approximate surface area is 233 Å². The van der Waals surface area contributed by atoms with Gasteiger partial charge in [-0.3, -0.25) is 0 Å². The molecule has 14 atom stereocenters. The first-order chi connectivity index (χ1) is 18.8. The van der Waals surface area contributed by atoms with Crippen molar-refractivity contribution < 1.29 is 54.4 Å². The molecule has 0 aromatic carbocycles. The number of rotatable bonds is 4. The molecule has 40 heavy (non-hydrogen) atoms. The summed E-state index contributed by atoms with van der Waals surface area (Å²) >= 11 is 0. The Morgan fingerprint density at radius 3 is 2.42 bits per heavy atom. The summed E-state index contributed by atoms with van der Waals surface area (Å²) < 4.78 is 16.8. The summed E-state index contributed by atoms with van der Waals surface area (Å²) in [5, 5.41) is 66.7. The van der Waals surface area contributed by atoms with Gasteiger partial charge in [0.05, 0.1) is 34.9 Å². The van der Waals surface area contributed by atoms with Crippen molar-refractivity contribution in [2.75, 3.05) is 6.61 Å². The maximum absolute atomic E-state index is 13.0. The van der Waals surface area contributed by atoms with E-state index in [4.69, 9.17) is 14.2 Å². The molecule has 6 rings (SSSR count). The van der Waals surface area contributed by atoms with Crippen LogP contribution >= 0.6 is 0 Å². The van der Waals surface area contributed by atoms with E-state index in [0.29, 0.717) is 25.7 Å². The fourth-order valence-electron chi connectivity index (χ4n) is 9.74.